The summed E-state index contributed by atoms with van der Waals surface area (Å²) in [5.74, 6) is -0.247. The van der Waals surface area contributed by atoms with E-state index in [-0.39, 0.29) is 12.4 Å². The number of hydrogen-bond acceptors (Lipinski definition) is 2. The Hall–Kier alpha value is -1.09. The summed E-state index contributed by atoms with van der Waals surface area (Å²) >= 11 is 3.26. The van der Waals surface area contributed by atoms with Crippen molar-refractivity contribution in [3.63, 3.8) is 0 Å². The average molecular weight is 283 g/mol. The van der Waals surface area contributed by atoms with Crippen LogP contribution in [0.25, 0.3) is 6.08 Å². The first kappa shape index (κ1) is 13.0. The van der Waals surface area contributed by atoms with Crippen LogP contribution in [0.3, 0.4) is 0 Å². The third-order valence-electron chi connectivity index (χ3n) is 1.89. The standard InChI is InChI=1S/C13H15BrO2/c1-4-10-6-5-7-11(8-10)9-12(15)16-13(2,3)14/h4-8H,1,9H2,2-3H3. The molecule has 0 aromatic heterocycles. The molecule has 86 valence electrons. The molecule has 0 saturated heterocycles. The molecule has 1 aromatic rings. The quantitative estimate of drug-likeness (QED) is 0.624. The van der Waals surface area contributed by atoms with E-state index >= 15 is 0 Å². The van der Waals surface area contributed by atoms with Gasteiger partial charge in [-0.3, -0.25) is 4.79 Å². The van der Waals surface area contributed by atoms with Gasteiger partial charge in [-0.15, -0.1) is 0 Å². The monoisotopic (exact) mass is 282 g/mol. The molecule has 0 unspecified atom stereocenters. The molecule has 0 aliphatic rings. The van der Waals surface area contributed by atoms with Crippen LogP contribution in [0.5, 0.6) is 0 Å². The van der Waals surface area contributed by atoms with E-state index in [0.29, 0.717) is 0 Å². The van der Waals surface area contributed by atoms with Crippen LogP contribution in [0.1, 0.15) is 25.0 Å². The topological polar surface area (TPSA) is 26.3 Å². The third kappa shape index (κ3) is 4.62. The van der Waals surface area contributed by atoms with Gasteiger partial charge in [-0.2, -0.15) is 0 Å². The predicted octanol–water partition coefficient (Wildman–Crippen LogP) is 3.55. The van der Waals surface area contributed by atoms with Gasteiger partial charge >= 0.3 is 5.97 Å². The third-order valence-corrected chi connectivity index (χ3v) is 2.05. The van der Waals surface area contributed by atoms with Crippen LogP contribution in [-0.4, -0.2) is 10.5 Å². The van der Waals surface area contributed by atoms with Crippen LogP contribution in [0, 0.1) is 0 Å². The van der Waals surface area contributed by atoms with Gasteiger partial charge in [0.25, 0.3) is 0 Å². The summed E-state index contributed by atoms with van der Waals surface area (Å²) in [6.45, 7) is 7.25. The number of benzene rings is 1. The number of esters is 1. The predicted molar refractivity (Wildman–Crippen MR) is 69.3 cm³/mol. The Morgan fingerprint density at radius 1 is 1.56 bits per heavy atom. The zero-order chi connectivity index (χ0) is 12.2. The van der Waals surface area contributed by atoms with Gasteiger partial charge in [0.1, 0.15) is 0 Å². The molecule has 0 atom stereocenters. The molecule has 0 bridgehead atoms. The lowest BCUT2D eigenvalue weighted by molar-refractivity contribution is -0.148. The van der Waals surface area contributed by atoms with E-state index in [0.717, 1.165) is 11.1 Å². The molecular formula is C13H15BrO2. The summed E-state index contributed by atoms with van der Waals surface area (Å²) in [4.78, 5) is 11.5. The van der Waals surface area contributed by atoms with Crippen LogP contribution in [-0.2, 0) is 16.0 Å². The van der Waals surface area contributed by atoms with Crippen LogP contribution in [0.15, 0.2) is 30.8 Å². The number of alkyl halides is 1. The van der Waals surface area contributed by atoms with Gasteiger partial charge < -0.3 is 4.74 Å². The molecule has 0 aliphatic heterocycles. The van der Waals surface area contributed by atoms with Crippen molar-refractivity contribution in [1.29, 1.82) is 0 Å². The Morgan fingerprint density at radius 2 is 2.25 bits per heavy atom. The number of halogens is 1. The van der Waals surface area contributed by atoms with E-state index < -0.39 is 4.51 Å². The van der Waals surface area contributed by atoms with Gasteiger partial charge in [-0.25, -0.2) is 0 Å². The van der Waals surface area contributed by atoms with Crippen molar-refractivity contribution in [1.82, 2.24) is 0 Å². The largest absolute Gasteiger partial charge is 0.448 e. The minimum absolute atomic E-state index is 0.247. The second-order valence-electron chi connectivity index (χ2n) is 3.96. The molecular weight excluding hydrogens is 268 g/mol. The molecule has 0 heterocycles. The fraction of sp³-hybridized carbons (Fsp3) is 0.308. The van der Waals surface area contributed by atoms with Crippen molar-refractivity contribution in [2.45, 2.75) is 24.8 Å². The highest BCUT2D eigenvalue weighted by molar-refractivity contribution is 9.10. The Labute approximate surface area is 104 Å². The molecule has 0 spiro atoms. The van der Waals surface area contributed by atoms with Crippen molar-refractivity contribution >= 4 is 28.0 Å². The molecule has 1 rings (SSSR count). The first-order chi connectivity index (χ1) is 7.40. The van der Waals surface area contributed by atoms with Crippen LogP contribution < -0.4 is 0 Å². The molecule has 0 saturated carbocycles. The second kappa shape index (κ2) is 5.30. The number of hydrogen-bond donors (Lipinski definition) is 0. The fourth-order valence-corrected chi connectivity index (χ4v) is 1.48. The Bertz CT molecular complexity index is 391. The van der Waals surface area contributed by atoms with Crippen molar-refractivity contribution in [2.24, 2.45) is 0 Å². The van der Waals surface area contributed by atoms with E-state index in [1.807, 2.05) is 24.3 Å². The summed E-state index contributed by atoms with van der Waals surface area (Å²) in [5.41, 5.74) is 1.93. The number of rotatable bonds is 4. The lowest BCUT2D eigenvalue weighted by atomic mass is 10.1. The number of ether oxygens (including phenoxy) is 1. The van der Waals surface area contributed by atoms with E-state index in [1.54, 1.807) is 19.9 Å². The van der Waals surface area contributed by atoms with Gasteiger partial charge in [-0.05, 0) is 40.9 Å². The van der Waals surface area contributed by atoms with Crippen LogP contribution >= 0.6 is 15.9 Å². The van der Waals surface area contributed by atoms with E-state index in [9.17, 15) is 4.79 Å². The zero-order valence-electron chi connectivity index (χ0n) is 9.50. The van der Waals surface area contributed by atoms with Crippen molar-refractivity contribution in [2.75, 3.05) is 0 Å². The lowest BCUT2D eigenvalue weighted by Gasteiger charge is -2.17. The van der Waals surface area contributed by atoms with Gasteiger partial charge in [0.15, 0.2) is 4.51 Å². The Balaban J connectivity index is 2.66. The van der Waals surface area contributed by atoms with Crippen molar-refractivity contribution in [3.05, 3.63) is 42.0 Å². The van der Waals surface area contributed by atoms with E-state index in [4.69, 9.17) is 4.74 Å². The molecule has 0 N–H and O–H groups in total. The highest BCUT2D eigenvalue weighted by Gasteiger charge is 2.18. The molecule has 0 amide bonds. The summed E-state index contributed by atoms with van der Waals surface area (Å²) in [6, 6.07) is 7.67. The second-order valence-corrected chi connectivity index (χ2v) is 5.87. The number of carbonyl (C=O) groups is 1. The number of carbonyl (C=O) groups excluding carboxylic acids is 1. The Kier molecular flexibility index (Phi) is 4.30. The van der Waals surface area contributed by atoms with Crippen molar-refractivity contribution in [3.8, 4) is 0 Å². The van der Waals surface area contributed by atoms with Gasteiger partial charge in [0, 0.05) is 0 Å². The normalized spacial score (nSPS) is 10.9. The van der Waals surface area contributed by atoms with Crippen LogP contribution in [0.2, 0.25) is 0 Å². The smallest absolute Gasteiger partial charge is 0.311 e. The average Bonchev–Trinajstić information content (AvgIpc) is 2.15. The van der Waals surface area contributed by atoms with E-state index in [1.165, 1.54) is 0 Å². The first-order valence-electron chi connectivity index (χ1n) is 5.03. The molecule has 0 fully saturated rings. The molecule has 2 nitrogen and oxygen atoms in total. The van der Waals surface area contributed by atoms with Crippen molar-refractivity contribution < 1.29 is 9.53 Å². The lowest BCUT2D eigenvalue weighted by Crippen LogP contribution is -2.21. The van der Waals surface area contributed by atoms with E-state index in [2.05, 4.69) is 22.5 Å². The maximum Gasteiger partial charge on any atom is 0.311 e. The zero-order valence-corrected chi connectivity index (χ0v) is 11.1. The summed E-state index contributed by atoms with van der Waals surface area (Å²) < 4.78 is 4.56. The highest BCUT2D eigenvalue weighted by Crippen LogP contribution is 2.18. The Morgan fingerprint density at radius 3 is 2.81 bits per heavy atom. The first-order valence-corrected chi connectivity index (χ1v) is 5.82. The summed E-state index contributed by atoms with van der Waals surface area (Å²) in [6.07, 6.45) is 2.03. The van der Waals surface area contributed by atoms with Gasteiger partial charge in [0.2, 0.25) is 0 Å². The fourth-order valence-electron chi connectivity index (χ4n) is 1.30. The SMILES string of the molecule is C=Cc1cccc(CC(=O)OC(C)(C)Br)c1. The maximum absolute atomic E-state index is 11.5. The minimum Gasteiger partial charge on any atom is -0.448 e. The molecule has 16 heavy (non-hydrogen) atoms. The molecule has 1 aromatic carbocycles. The molecule has 3 heteroatoms. The molecule has 0 radical (unpaired) electrons. The van der Waals surface area contributed by atoms with Gasteiger partial charge in [-0.1, -0.05) is 36.9 Å². The van der Waals surface area contributed by atoms with Gasteiger partial charge in [0.05, 0.1) is 6.42 Å². The summed E-state index contributed by atoms with van der Waals surface area (Å²) in [7, 11) is 0. The maximum atomic E-state index is 11.5. The molecule has 0 aliphatic carbocycles. The summed E-state index contributed by atoms with van der Waals surface area (Å²) in [5, 5.41) is 0. The highest BCUT2D eigenvalue weighted by atomic mass is 79.9. The minimum atomic E-state index is -0.611. The van der Waals surface area contributed by atoms with Crippen LogP contribution in [0.4, 0.5) is 0 Å².